The van der Waals surface area contributed by atoms with Gasteiger partial charge in [-0.05, 0) is 37.4 Å². The molecule has 1 N–H and O–H groups in total. The summed E-state index contributed by atoms with van der Waals surface area (Å²) in [5.41, 5.74) is -0.713. The van der Waals surface area contributed by atoms with Gasteiger partial charge in [0.1, 0.15) is 0 Å². The van der Waals surface area contributed by atoms with Crippen molar-refractivity contribution >= 4 is 29.5 Å². The van der Waals surface area contributed by atoms with Gasteiger partial charge in [-0.15, -0.1) is 3.94 Å². The third-order valence-electron chi connectivity index (χ3n) is 1.04. The van der Waals surface area contributed by atoms with E-state index in [1.54, 1.807) is 13.8 Å². The molecule has 0 radical (unpaired) electrons. The molecule has 5 heteroatoms. The first-order valence-electron chi connectivity index (χ1n) is 2.70. The summed E-state index contributed by atoms with van der Waals surface area (Å²) in [5.74, 6) is -0.920. The van der Waals surface area contributed by atoms with E-state index in [0.717, 1.165) is 3.94 Å². The molecule has 0 unspecified atom stereocenters. The largest absolute Gasteiger partial charge is 0.481 e. The van der Waals surface area contributed by atoms with E-state index in [2.05, 4.69) is 0 Å². The molecule has 0 aromatic heterocycles. The van der Waals surface area contributed by atoms with Crippen LogP contribution in [0.15, 0.2) is 0 Å². The van der Waals surface area contributed by atoms with Gasteiger partial charge in [0.2, 0.25) is 0 Å². The monoisotopic (exact) mass is 185 g/mol. The summed E-state index contributed by atoms with van der Waals surface area (Å²) in [7, 11) is 0. The lowest BCUT2D eigenvalue weighted by atomic mass is 10.0. The van der Waals surface area contributed by atoms with Gasteiger partial charge in [-0.25, -0.2) is 0 Å². The topological polar surface area (TPSA) is 40.5 Å². The van der Waals surface area contributed by atoms with Gasteiger partial charge in [-0.2, -0.15) is 0 Å². The van der Waals surface area contributed by atoms with E-state index in [-0.39, 0.29) is 6.42 Å². The highest BCUT2D eigenvalue weighted by atomic mass is 35.5. The summed E-state index contributed by atoms with van der Waals surface area (Å²) in [6.07, 6.45) is -0.0833. The van der Waals surface area contributed by atoms with E-state index >= 15 is 0 Å². The first-order chi connectivity index (χ1) is 4.36. The highest BCUT2D eigenvalue weighted by Gasteiger charge is 2.27. The maximum atomic E-state index is 10.2. The van der Waals surface area contributed by atoms with Crippen LogP contribution in [0.25, 0.3) is 0 Å². The lowest BCUT2D eigenvalue weighted by Crippen LogP contribution is -2.33. The van der Waals surface area contributed by atoms with E-state index in [1.807, 2.05) is 0 Å². The molecule has 0 aromatic rings. The van der Waals surface area contributed by atoms with Gasteiger partial charge in [0, 0.05) is 0 Å². The number of carboxylic acids is 1. The predicted molar refractivity (Wildman–Crippen MR) is 39.9 cm³/mol. The molecule has 3 nitrogen and oxygen atoms in total. The van der Waals surface area contributed by atoms with Gasteiger partial charge in [0.05, 0.1) is 12.0 Å². The molecule has 0 bridgehead atoms. The summed E-state index contributed by atoms with van der Waals surface area (Å²) in [5, 5.41) is 8.35. The van der Waals surface area contributed by atoms with Crippen molar-refractivity contribution in [1.82, 2.24) is 3.94 Å². The van der Waals surface area contributed by atoms with Crippen LogP contribution in [0.2, 0.25) is 0 Å². The number of hydrogen-bond acceptors (Lipinski definition) is 2. The molecule has 0 fully saturated rings. The third kappa shape index (κ3) is 3.25. The molecular formula is C5H9Cl2NO2. The number of halogens is 2. The summed E-state index contributed by atoms with van der Waals surface area (Å²) >= 11 is 10.7. The second-order valence-electron chi connectivity index (χ2n) is 2.62. The van der Waals surface area contributed by atoms with Crippen LogP contribution in [0.5, 0.6) is 0 Å². The predicted octanol–water partition coefficient (Wildman–Crippen LogP) is 1.85. The molecule has 0 heterocycles. The highest BCUT2D eigenvalue weighted by molar-refractivity contribution is 6.34. The Hall–Kier alpha value is 0.01000. The Labute approximate surface area is 69.7 Å². The molecule has 10 heavy (non-hydrogen) atoms. The van der Waals surface area contributed by atoms with Gasteiger partial charge < -0.3 is 5.11 Å². The Bertz CT molecular complexity index is 136. The summed E-state index contributed by atoms with van der Waals surface area (Å²) in [6, 6.07) is 0. The fraction of sp³-hybridized carbons (Fsp3) is 0.800. The van der Waals surface area contributed by atoms with Crippen molar-refractivity contribution in [3.8, 4) is 0 Å². The zero-order valence-electron chi connectivity index (χ0n) is 5.77. The standard InChI is InChI=1S/C5H9Cl2NO2/c1-5(2,8(6)7)3-4(9)10/h3H2,1-2H3,(H,9,10). The first kappa shape index (κ1) is 10.0. The molecule has 0 saturated heterocycles. The maximum Gasteiger partial charge on any atom is 0.305 e. The zero-order valence-corrected chi connectivity index (χ0v) is 7.28. The summed E-state index contributed by atoms with van der Waals surface area (Å²) < 4.78 is 0.848. The Balaban J connectivity index is 3.99. The summed E-state index contributed by atoms with van der Waals surface area (Å²) in [4.78, 5) is 10.2. The van der Waals surface area contributed by atoms with Crippen molar-refractivity contribution in [2.75, 3.05) is 0 Å². The van der Waals surface area contributed by atoms with Crippen LogP contribution in [0, 0.1) is 0 Å². The van der Waals surface area contributed by atoms with E-state index in [1.165, 1.54) is 0 Å². The van der Waals surface area contributed by atoms with Gasteiger partial charge >= 0.3 is 5.97 Å². The third-order valence-corrected chi connectivity index (χ3v) is 1.96. The molecule has 0 aliphatic carbocycles. The molecule has 0 aliphatic heterocycles. The Morgan fingerprint density at radius 1 is 1.60 bits per heavy atom. The molecule has 0 aliphatic rings. The minimum atomic E-state index is -0.920. The average Bonchev–Trinajstić information content (AvgIpc) is 1.60. The number of carboxylic acid groups (broad SMARTS) is 1. The smallest absolute Gasteiger partial charge is 0.305 e. The number of rotatable bonds is 3. The Kier molecular flexibility index (Phi) is 3.42. The van der Waals surface area contributed by atoms with Crippen molar-refractivity contribution < 1.29 is 9.90 Å². The second-order valence-corrected chi connectivity index (χ2v) is 3.47. The van der Waals surface area contributed by atoms with Crippen molar-refractivity contribution in [2.45, 2.75) is 25.8 Å². The fourth-order valence-electron chi connectivity index (χ4n) is 0.430. The lowest BCUT2D eigenvalue weighted by Gasteiger charge is -2.24. The zero-order chi connectivity index (χ0) is 8.36. The fourth-order valence-corrected chi connectivity index (χ4v) is 0.549. The molecule has 0 aromatic carbocycles. The van der Waals surface area contributed by atoms with Crippen LogP contribution < -0.4 is 0 Å². The lowest BCUT2D eigenvalue weighted by molar-refractivity contribution is -0.138. The number of carbonyl (C=O) groups is 1. The Morgan fingerprint density at radius 3 is 2.10 bits per heavy atom. The van der Waals surface area contributed by atoms with Crippen LogP contribution >= 0.6 is 23.6 Å². The second kappa shape index (κ2) is 3.42. The van der Waals surface area contributed by atoms with E-state index in [4.69, 9.17) is 28.7 Å². The molecule has 0 saturated carbocycles. The van der Waals surface area contributed by atoms with Crippen LogP contribution in [0.4, 0.5) is 0 Å². The minimum Gasteiger partial charge on any atom is -0.481 e. The number of hydrogen-bond donors (Lipinski definition) is 1. The van der Waals surface area contributed by atoms with Gasteiger partial charge in [-0.3, -0.25) is 4.79 Å². The van der Waals surface area contributed by atoms with Crippen LogP contribution in [-0.2, 0) is 4.79 Å². The summed E-state index contributed by atoms with van der Waals surface area (Å²) in [6.45, 7) is 3.28. The molecule has 0 amide bonds. The molecule has 0 atom stereocenters. The van der Waals surface area contributed by atoms with E-state index in [0.29, 0.717) is 0 Å². The number of aliphatic carboxylic acids is 1. The Morgan fingerprint density at radius 2 is 2.00 bits per heavy atom. The molecule has 60 valence electrons. The normalized spacial score (nSPS) is 12.1. The SMILES string of the molecule is CC(C)(CC(=O)O)N(Cl)Cl. The van der Waals surface area contributed by atoms with Crippen molar-refractivity contribution in [2.24, 2.45) is 0 Å². The minimum absolute atomic E-state index is 0.0833. The van der Waals surface area contributed by atoms with Crippen molar-refractivity contribution in [3.05, 3.63) is 0 Å². The highest BCUT2D eigenvalue weighted by Crippen LogP contribution is 2.22. The molecule has 0 rings (SSSR count). The molecule has 0 spiro atoms. The van der Waals surface area contributed by atoms with Crippen molar-refractivity contribution in [1.29, 1.82) is 0 Å². The van der Waals surface area contributed by atoms with Crippen molar-refractivity contribution in [3.63, 3.8) is 0 Å². The number of nitrogens with zero attached hydrogens (tertiary/aromatic N) is 1. The van der Waals surface area contributed by atoms with Crippen LogP contribution in [0.3, 0.4) is 0 Å². The molecular weight excluding hydrogens is 177 g/mol. The van der Waals surface area contributed by atoms with Gasteiger partial charge in [0.25, 0.3) is 0 Å². The van der Waals surface area contributed by atoms with E-state index in [9.17, 15) is 4.79 Å². The first-order valence-corrected chi connectivity index (χ1v) is 3.37. The van der Waals surface area contributed by atoms with Gasteiger partial charge in [-0.1, -0.05) is 0 Å². The quantitative estimate of drug-likeness (QED) is 0.683. The average molecular weight is 186 g/mol. The van der Waals surface area contributed by atoms with E-state index < -0.39 is 11.5 Å². The maximum absolute atomic E-state index is 10.2. The van der Waals surface area contributed by atoms with Crippen LogP contribution in [0.1, 0.15) is 20.3 Å². The van der Waals surface area contributed by atoms with Crippen LogP contribution in [-0.4, -0.2) is 20.6 Å². The van der Waals surface area contributed by atoms with Gasteiger partial charge in [0.15, 0.2) is 0 Å².